The third-order valence-electron chi connectivity index (χ3n) is 3.68. The quantitative estimate of drug-likeness (QED) is 0.171. The first-order valence-electron chi connectivity index (χ1n) is 8.63. The monoisotopic (exact) mass is 402 g/mol. The summed E-state index contributed by atoms with van der Waals surface area (Å²) in [5.41, 5.74) is 9.89. The number of nitrogens with two attached hydrogens (primary N) is 2. The van der Waals surface area contributed by atoms with Gasteiger partial charge in [0.1, 0.15) is 12.1 Å². The van der Waals surface area contributed by atoms with E-state index in [0.29, 0.717) is 0 Å². The van der Waals surface area contributed by atoms with E-state index in [1.807, 2.05) is 0 Å². The molecule has 0 fully saturated rings. The van der Waals surface area contributed by atoms with Gasteiger partial charge in [0.15, 0.2) is 0 Å². The van der Waals surface area contributed by atoms with E-state index in [0.717, 1.165) is 0 Å². The Morgan fingerprint density at radius 1 is 0.643 bits per heavy atom. The SMILES string of the molecule is NC(=O)CCC(NC(=O)CCCCC(=O)NC(CCC(N)=O)C(=O)O)C(=O)O. The molecule has 8 N–H and O–H groups in total. The van der Waals surface area contributed by atoms with Gasteiger partial charge in [-0.3, -0.25) is 19.2 Å². The fraction of sp³-hybridized carbons (Fsp3) is 0.625. The fourth-order valence-electron chi connectivity index (χ4n) is 2.19. The third kappa shape index (κ3) is 12.2. The van der Waals surface area contributed by atoms with Gasteiger partial charge in [-0.25, -0.2) is 9.59 Å². The fourth-order valence-corrected chi connectivity index (χ4v) is 2.19. The number of primary amides is 2. The summed E-state index contributed by atoms with van der Waals surface area (Å²) in [5.74, 6) is -5.04. The van der Waals surface area contributed by atoms with Crippen LogP contribution in [0.15, 0.2) is 0 Å². The van der Waals surface area contributed by atoms with Crippen LogP contribution in [0.1, 0.15) is 51.4 Å². The Kier molecular flexibility index (Phi) is 11.6. The highest BCUT2D eigenvalue weighted by molar-refractivity contribution is 5.85. The molecule has 0 saturated carbocycles. The second kappa shape index (κ2) is 13.1. The number of carboxylic acid groups (broad SMARTS) is 2. The highest BCUT2D eigenvalue weighted by Gasteiger charge is 2.21. The number of hydrogen-bond donors (Lipinski definition) is 6. The molecule has 0 bridgehead atoms. The lowest BCUT2D eigenvalue weighted by molar-refractivity contribution is -0.142. The number of rotatable bonds is 15. The highest BCUT2D eigenvalue weighted by Crippen LogP contribution is 2.04. The molecule has 0 aromatic rings. The van der Waals surface area contributed by atoms with E-state index in [9.17, 15) is 28.8 Å². The molecule has 0 aliphatic heterocycles. The predicted molar refractivity (Wildman–Crippen MR) is 94.5 cm³/mol. The van der Waals surface area contributed by atoms with E-state index >= 15 is 0 Å². The van der Waals surface area contributed by atoms with Crippen molar-refractivity contribution in [3.8, 4) is 0 Å². The van der Waals surface area contributed by atoms with Crippen molar-refractivity contribution in [3.05, 3.63) is 0 Å². The lowest BCUT2D eigenvalue weighted by atomic mass is 10.1. The Hall–Kier alpha value is -3.18. The van der Waals surface area contributed by atoms with Gasteiger partial charge in [-0.05, 0) is 25.7 Å². The molecule has 0 heterocycles. The van der Waals surface area contributed by atoms with E-state index in [4.69, 9.17) is 21.7 Å². The molecule has 0 aromatic carbocycles. The molecular formula is C16H26N4O8. The molecular weight excluding hydrogens is 376 g/mol. The van der Waals surface area contributed by atoms with Crippen LogP contribution in [-0.2, 0) is 28.8 Å². The van der Waals surface area contributed by atoms with Gasteiger partial charge in [0.25, 0.3) is 0 Å². The summed E-state index contributed by atoms with van der Waals surface area (Å²) in [5, 5.41) is 22.5. The van der Waals surface area contributed by atoms with Gasteiger partial charge in [0.05, 0.1) is 0 Å². The number of nitrogens with one attached hydrogen (secondary N) is 2. The Morgan fingerprint density at radius 2 is 0.964 bits per heavy atom. The number of carbonyl (C=O) groups is 6. The molecule has 0 radical (unpaired) electrons. The second-order valence-corrected chi connectivity index (χ2v) is 6.13. The Bertz CT molecular complexity index is 555. The summed E-state index contributed by atoms with van der Waals surface area (Å²) >= 11 is 0. The minimum absolute atomic E-state index is 0.0440. The van der Waals surface area contributed by atoms with Crippen molar-refractivity contribution in [3.63, 3.8) is 0 Å². The molecule has 12 heteroatoms. The van der Waals surface area contributed by atoms with E-state index in [2.05, 4.69) is 10.6 Å². The Labute approximate surface area is 161 Å². The average molecular weight is 402 g/mol. The van der Waals surface area contributed by atoms with Crippen LogP contribution in [0.5, 0.6) is 0 Å². The molecule has 0 saturated heterocycles. The first-order valence-corrected chi connectivity index (χ1v) is 8.63. The normalized spacial score (nSPS) is 12.4. The second-order valence-electron chi connectivity index (χ2n) is 6.13. The van der Waals surface area contributed by atoms with Crippen molar-refractivity contribution in [2.24, 2.45) is 11.5 Å². The molecule has 0 aliphatic carbocycles. The lowest BCUT2D eigenvalue weighted by Crippen LogP contribution is -2.41. The van der Waals surface area contributed by atoms with Crippen LogP contribution in [0, 0.1) is 0 Å². The highest BCUT2D eigenvalue weighted by atomic mass is 16.4. The molecule has 158 valence electrons. The van der Waals surface area contributed by atoms with Crippen LogP contribution >= 0.6 is 0 Å². The van der Waals surface area contributed by atoms with Crippen LogP contribution in [0.2, 0.25) is 0 Å². The number of hydrogen-bond acceptors (Lipinski definition) is 6. The van der Waals surface area contributed by atoms with Crippen LogP contribution in [0.25, 0.3) is 0 Å². The van der Waals surface area contributed by atoms with Crippen LogP contribution < -0.4 is 22.1 Å². The molecule has 0 aliphatic rings. The minimum atomic E-state index is -1.29. The first kappa shape index (κ1) is 24.8. The van der Waals surface area contributed by atoms with Crippen LogP contribution in [0.4, 0.5) is 0 Å². The number of aliphatic carboxylic acids is 2. The molecule has 0 spiro atoms. The largest absolute Gasteiger partial charge is 0.480 e. The summed E-state index contributed by atoms with van der Waals surface area (Å²) < 4.78 is 0. The maximum atomic E-state index is 11.8. The Balaban J connectivity index is 4.20. The van der Waals surface area contributed by atoms with Crippen molar-refractivity contribution in [1.82, 2.24) is 10.6 Å². The number of amides is 4. The molecule has 4 amide bonds. The van der Waals surface area contributed by atoms with Crippen LogP contribution in [-0.4, -0.2) is 57.9 Å². The zero-order valence-corrected chi connectivity index (χ0v) is 15.3. The molecule has 12 nitrogen and oxygen atoms in total. The summed E-state index contributed by atoms with van der Waals surface area (Å²) in [7, 11) is 0. The maximum Gasteiger partial charge on any atom is 0.326 e. The van der Waals surface area contributed by atoms with Gasteiger partial charge in [0.2, 0.25) is 23.6 Å². The van der Waals surface area contributed by atoms with Crippen molar-refractivity contribution >= 4 is 35.6 Å². The minimum Gasteiger partial charge on any atom is -0.480 e. The summed E-state index contributed by atoms with van der Waals surface area (Å²) in [6.07, 6.45) is -0.173. The van der Waals surface area contributed by atoms with E-state index in [1.165, 1.54) is 0 Å². The van der Waals surface area contributed by atoms with Gasteiger partial charge in [-0.1, -0.05) is 0 Å². The number of carboxylic acids is 2. The van der Waals surface area contributed by atoms with Gasteiger partial charge in [0, 0.05) is 25.7 Å². The topological polar surface area (TPSA) is 219 Å². The van der Waals surface area contributed by atoms with Gasteiger partial charge in [-0.2, -0.15) is 0 Å². The summed E-state index contributed by atoms with van der Waals surface area (Å²) in [6.45, 7) is 0. The lowest BCUT2D eigenvalue weighted by Gasteiger charge is -2.14. The molecule has 2 unspecified atom stereocenters. The number of unbranched alkanes of at least 4 members (excludes halogenated alkanes) is 1. The van der Waals surface area contributed by atoms with Crippen molar-refractivity contribution < 1.29 is 39.0 Å². The van der Waals surface area contributed by atoms with Crippen LogP contribution in [0.3, 0.4) is 0 Å². The van der Waals surface area contributed by atoms with Crippen molar-refractivity contribution in [2.45, 2.75) is 63.5 Å². The summed E-state index contributed by atoms with van der Waals surface area (Å²) in [6, 6.07) is -2.46. The zero-order chi connectivity index (χ0) is 21.7. The summed E-state index contributed by atoms with van der Waals surface area (Å²) in [4.78, 5) is 66.9. The molecule has 0 rings (SSSR count). The standard InChI is InChI=1S/C16H26N4O8/c17-11(21)7-5-9(15(25)26)19-13(23)3-1-2-4-14(24)20-10(16(27)28)6-8-12(18)22/h9-10H,1-8H2,(H2,17,21)(H2,18,22)(H,19,23)(H,20,24)(H,25,26)(H,27,28). The van der Waals surface area contributed by atoms with E-state index < -0.39 is 47.7 Å². The maximum absolute atomic E-state index is 11.8. The van der Waals surface area contributed by atoms with E-state index in [1.54, 1.807) is 0 Å². The van der Waals surface area contributed by atoms with Gasteiger partial charge >= 0.3 is 11.9 Å². The van der Waals surface area contributed by atoms with Gasteiger partial charge < -0.3 is 32.3 Å². The molecule has 2 atom stereocenters. The van der Waals surface area contributed by atoms with Gasteiger partial charge in [-0.15, -0.1) is 0 Å². The van der Waals surface area contributed by atoms with Crippen molar-refractivity contribution in [2.75, 3.05) is 0 Å². The van der Waals surface area contributed by atoms with Crippen molar-refractivity contribution in [1.29, 1.82) is 0 Å². The van der Waals surface area contributed by atoms with E-state index in [-0.39, 0.29) is 51.4 Å². The average Bonchev–Trinajstić information content (AvgIpc) is 2.58. The number of carbonyl (C=O) groups excluding carboxylic acids is 4. The first-order chi connectivity index (χ1) is 13.0. The zero-order valence-electron chi connectivity index (χ0n) is 15.3. The molecule has 0 aromatic heterocycles. The smallest absolute Gasteiger partial charge is 0.326 e. The Morgan fingerprint density at radius 3 is 1.21 bits per heavy atom. The predicted octanol–water partition coefficient (Wildman–Crippen LogP) is -1.78. The molecule has 28 heavy (non-hydrogen) atoms. The third-order valence-corrected chi connectivity index (χ3v) is 3.68.